The van der Waals surface area contributed by atoms with Gasteiger partial charge in [0.2, 0.25) is 0 Å². The van der Waals surface area contributed by atoms with Crippen LogP contribution in [0.2, 0.25) is 8.67 Å². The number of Topliss-reactive ketones (excluding diaryl/α,β-unsaturated/α-hetero) is 1. The lowest BCUT2D eigenvalue weighted by Gasteiger charge is -2.03. The molecule has 0 aliphatic rings. The predicted molar refractivity (Wildman–Crippen MR) is 70.3 cm³/mol. The third kappa shape index (κ3) is 2.70. The van der Waals surface area contributed by atoms with Gasteiger partial charge in [-0.3, -0.25) is 4.79 Å². The highest BCUT2D eigenvalue weighted by Gasteiger charge is 2.16. The van der Waals surface area contributed by atoms with Crippen molar-refractivity contribution in [1.82, 2.24) is 9.55 Å². The summed E-state index contributed by atoms with van der Waals surface area (Å²) in [6, 6.07) is 1.61. The molecule has 0 bridgehead atoms. The number of hydrogen-bond donors (Lipinski definition) is 0. The molecular weight excluding hydrogens is 279 g/mol. The van der Waals surface area contributed by atoms with E-state index in [1.807, 2.05) is 17.7 Å². The largest absolute Gasteiger partial charge is 0.335 e. The molecule has 2 aromatic heterocycles. The van der Waals surface area contributed by atoms with Gasteiger partial charge >= 0.3 is 0 Å². The van der Waals surface area contributed by atoms with Gasteiger partial charge in [0.1, 0.15) is 10.2 Å². The molecular formula is C11H10Cl2N2OS. The van der Waals surface area contributed by atoms with Crippen molar-refractivity contribution in [2.24, 2.45) is 0 Å². The monoisotopic (exact) mass is 288 g/mol. The van der Waals surface area contributed by atoms with Gasteiger partial charge < -0.3 is 4.57 Å². The number of aromatic nitrogens is 2. The third-order valence-corrected chi connectivity index (χ3v) is 3.91. The number of ketones is 1. The minimum atomic E-state index is -0.0564. The fraction of sp³-hybridized carbons (Fsp3) is 0.273. The Labute approximate surface area is 113 Å². The van der Waals surface area contributed by atoms with Crippen LogP contribution < -0.4 is 0 Å². The zero-order valence-corrected chi connectivity index (χ0v) is 11.4. The molecule has 0 fully saturated rings. The molecule has 0 aliphatic heterocycles. The first-order valence-corrected chi connectivity index (χ1v) is 6.67. The van der Waals surface area contributed by atoms with Crippen LogP contribution in [-0.2, 0) is 13.0 Å². The normalized spacial score (nSPS) is 10.8. The molecule has 17 heavy (non-hydrogen) atoms. The second kappa shape index (κ2) is 5.21. The van der Waals surface area contributed by atoms with Crippen LogP contribution in [0.25, 0.3) is 0 Å². The molecule has 0 saturated heterocycles. The van der Waals surface area contributed by atoms with Gasteiger partial charge in [-0.05, 0) is 13.0 Å². The maximum atomic E-state index is 12.0. The fourth-order valence-corrected chi connectivity index (χ4v) is 3.06. The smallest absolute Gasteiger partial charge is 0.172 e. The molecule has 0 aliphatic carbocycles. The van der Waals surface area contributed by atoms with E-state index in [1.165, 1.54) is 11.3 Å². The van der Waals surface area contributed by atoms with Crippen molar-refractivity contribution in [3.63, 3.8) is 0 Å². The van der Waals surface area contributed by atoms with Crippen LogP contribution in [0.5, 0.6) is 0 Å². The fourth-order valence-electron chi connectivity index (χ4n) is 1.56. The molecule has 6 heteroatoms. The van der Waals surface area contributed by atoms with Crippen molar-refractivity contribution in [2.75, 3.05) is 0 Å². The quantitative estimate of drug-likeness (QED) is 0.804. The van der Waals surface area contributed by atoms with E-state index in [2.05, 4.69) is 4.98 Å². The van der Waals surface area contributed by atoms with Crippen LogP contribution in [0, 0.1) is 0 Å². The molecule has 0 radical (unpaired) electrons. The Hall–Kier alpha value is -0.840. The van der Waals surface area contributed by atoms with Crippen molar-refractivity contribution in [3.05, 3.63) is 38.5 Å². The Balaban J connectivity index is 2.20. The summed E-state index contributed by atoms with van der Waals surface area (Å²) < 4.78 is 2.89. The van der Waals surface area contributed by atoms with Crippen LogP contribution in [0.4, 0.5) is 0 Å². The first-order valence-electron chi connectivity index (χ1n) is 5.10. The Morgan fingerprint density at radius 1 is 1.53 bits per heavy atom. The summed E-state index contributed by atoms with van der Waals surface area (Å²) >= 11 is 13.0. The number of halogens is 2. The average molecular weight is 289 g/mol. The van der Waals surface area contributed by atoms with E-state index in [4.69, 9.17) is 23.2 Å². The summed E-state index contributed by atoms with van der Waals surface area (Å²) in [5.74, 6) is 0.690. The standard InChI is InChI=1S/C11H10Cl2N2OS/c1-2-15-4-3-14-10(15)6-8(16)7-5-9(12)17-11(7)13/h3-5H,2,6H2,1H3. The van der Waals surface area contributed by atoms with Crippen molar-refractivity contribution in [3.8, 4) is 0 Å². The third-order valence-electron chi connectivity index (χ3n) is 2.42. The maximum absolute atomic E-state index is 12.0. The number of hydrogen-bond acceptors (Lipinski definition) is 3. The lowest BCUT2D eigenvalue weighted by molar-refractivity contribution is 0.0990. The number of thiophene rings is 1. The van der Waals surface area contributed by atoms with Gasteiger partial charge in [-0.2, -0.15) is 0 Å². The van der Waals surface area contributed by atoms with Crippen LogP contribution in [0.15, 0.2) is 18.5 Å². The van der Waals surface area contributed by atoms with E-state index >= 15 is 0 Å². The first-order chi connectivity index (χ1) is 8.11. The predicted octanol–water partition coefficient (Wildman–Crippen LogP) is 3.70. The number of nitrogens with zero attached hydrogens (tertiary/aromatic N) is 2. The first kappa shape index (κ1) is 12.6. The average Bonchev–Trinajstić information content (AvgIpc) is 2.84. The Morgan fingerprint density at radius 2 is 2.29 bits per heavy atom. The molecule has 0 N–H and O–H groups in total. The minimum absolute atomic E-state index is 0.0564. The molecule has 2 rings (SSSR count). The molecule has 0 spiro atoms. The number of imidazole rings is 1. The molecule has 0 unspecified atom stereocenters. The zero-order chi connectivity index (χ0) is 12.4. The summed E-state index contributed by atoms with van der Waals surface area (Å²) in [5, 5.41) is 0. The van der Waals surface area contributed by atoms with Gasteiger partial charge in [-0.1, -0.05) is 23.2 Å². The van der Waals surface area contributed by atoms with Crippen LogP contribution in [0.1, 0.15) is 23.1 Å². The second-order valence-electron chi connectivity index (χ2n) is 3.47. The molecule has 0 aromatic carbocycles. The number of aryl methyl sites for hydroxylation is 1. The molecule has 90 valence electrons. The van der Waals surface area contributed by atoms with Gasteiger partial charge in [0.25, 0.3) is 0 Å². The zero-order valence-electron chi connectivity index (χ0n) is 9.11. The number of carbonyl (C=O) groups is 1. The maximum Gasteiger partial charge on any atom is 0.172 e. The van der Waals surface area contributed by atoms with Crippen molar-refractivity contribution < 1.29 is 4.79 Å². The van der Waals surface area contributed by atoms with Gasteiger partial charge in [-0.15, -0.1) is 11.3 Å². The highest BCUT2D eigenvalue weighted by Crippen LogP contribution is 2.31. The summed E-state index contributed by atoms with van der Waals surface area (Å²) in [5.41, 5.74) is 0.479. The molecule has 0 saturated carbocycles. The van der Waals surface area contributed by atoms with E-state index < -0.39 is 0 Å². The van der Waals surface area contributed by atoms with E-state index in [-0.39, 0.29) is 12.2 Å². The Morgan fingerprint density at radius 3 is 2.88 bits per heavy atom. The minimum Gasteiger partial charge on any atom is -0.335 e. The lowest BCUT2D eigenvalue weighted by Crippen LogP contribution is -2.09. The van der Waals surface area contributed by atoms with E-state index in [0.29, 0.717) is 14.2 Å². The summed E-state index contributed by atoms with van der Waals surface area (Å²) in [4.78, 5) is 16.2. The number of carbonyl (C=O) groups excluding carboxylic acids is 1. The second-order valence-corrected chi connectivity index (χ2v) is 5.75. The van der Waals surface area contributed by atoms with Crippen LogP contribution >= 0.6 is 34.5 Å². The van der Waals surface area contributed by atoms with Crippen molar-refractivity contribution in [1.29, 1.82) is 0 Å². The topological polar surface area (TPSA) is 34.9 Å². The van der Waals surface area contributed by atoms with E-state index in [0.717, 1.165) is 12.4 Å². The molecule has 3 nitrogen and oxygen atoms in total. The van der Waals surface area contributed by atoms with Gasteiger partial charge in [0.05, 0.1) is 10.8 Å². The van der Waals surface area contributed by atoms with Crippen LogP contribution in [-0.4, -0.2) is 15.3 Å². The lowest BCUT2D eigenvalue weighted by atomic mass is 10.1. The van der Waals surface area contributed by atoms with Gasteiger partial charge in [0, 0.05) is 24.5 Å². The van der Waals surface area contributed by atoms with Crippen molar-refractivity contribution >= 4 is 40.3 Å². The SMILES string of the molecule is CCn1ccnc1CC(=O)c1cc(Cl)sc1Cl. The van der Waals surface area contributed by atoms with E-state index in [9.17, 15) is 4.79 Å². The van der Waals surface area contributed by atoms with Gasteiger partial charge in [-0.25, -0.2) is 4.98 Å². The summed E-state index contributed by atoms with van der Waals surface area (Å²) in [6.45, 7) is 2.80. The van der Waals surface area contributed by atoms with Crippen molar-refractivity contribution in [2.45, 2.75) is 19.9 Å². The highest BCUT2D eigenvalue weighted by molar-refractivity contribution is 7.20. The summed E-state index contributed by atoms with van der Waals surface area (Å²) in [6.07, 6.45) is 3.78. The van der Waals surface area contributed by atoms with E-state index in [1.54, 1.807) is 12.3 Å². The molecule has 2 heterocycles. The molecule has 0 atom stereocenters. The molecule has 0 amide bonds. The molecule has 2 aromatic rings. The Bertz CT molecular complexity index is 547. The highest BCUT2D eigenvalue weighted by atomic mass is 35.5. The number of rotatable bonds is 4. The summed E-state index contributed by atoms with van der Waals surface area (Å²) in [7, 11) is 0. The Kier molecular flexibility index (Phi) is 3.86. The van der Waals surface area contributed by atoms with Crippen LogP contribution in [0.3, 0.4) is 0 Å². The van der Waals surface area contributed by atoms with Gasteiger partial charge in [0.15, 0.2) is 5.78 Å².